The highest BCUT2D eigenvalue weighted by atomic mass is 35.5. The highest BCUT2D eigenvalue weighted by Crippen LogP contribution is 2.42. The Balaban J connectivity index is 1.48. The smallest absolute Gasteiger partial charge is 0.358 e. The number of hydrogen-bond donors (Lipinski definition) is 4. The zero-order valence-corrected chi connectivity index (χ0v) is 20.6. The molecule has 12 nitrogen and oxygen atoms in total. The van der Waals surface area contributed by atoms with Crippen LogP contribution in [0.5, 0.6) is 0 Å². The van der Waals surface area contributed by atoms with Gasteiger partial charge in [-0.15, -0.1) is 0 Å². The van der Waals surface area contributed by atoms with Crippen molar-refractivity contribution in [3.05, 3.63) is 69.7 Å². The number of hydrogen-bond acceptors (Lipinski definition) is 9. The Bertz CT molecular complexity index is 1510. The lowest BCUT2D eigenvalue weighted by Crippen LogP contribution is -2.45. The van der Waals surface area contributed by atoms with Gasteiger partial charge < -0.3 is 10.0 Å². The number of aliphatic carboxylic acids is 1. The predicted octanol–water partition coefficient (Wildman–Crippen LogP) is 4.21. The number of hydroxylamine groups is 2. The summed E-state index contributed by atoms with van der Waals surface area (Å²) in [7, 11) is 0. The maximum atomic E-state index is 15.2. The van der Waals surface area contributed by atoms with Crippen molar-refractivity contribution in [2.75, 3.05) is 5.01 Å². The Kier molecular flexibility index (Phi) is 6.66. The molecule has 200 valence electrons. The van der Waals surface area contributed by atoms with Gasteiger partial charge in [-0.25, -0.2) is 33.6 Å². The molecule has 1 aromatic carbocycles. The molecule has 1 fully saturated rings. The Hall–Kier alpha value is -4.56. The van der Waals surface area contributed by atoms with E-state index in [-0.39, 0.29) is 50.9 Å². The summed E-state index contributed by atoms with van der Waals surface area (Å²) in [6.45, 7) is 0. The van der Waals surface area contributed by atoms with Crippen molar-refractivity contribution >= 4 is 53.1 Å². The molecule has 1 saturated heterocycles. The average molecular weight is 557 g/mol. The van der Waals surface area contributed by atoms with Gasteiger partial charge in [0.2, 0.25) is 5.91 Å². The molecule has 0 bridgehead atoms. The minimum atomic E-state index is -1.67. The van der Waals surface area contributed by atoms with Gasteiger partial charge in [-0.1, -0.05) is 16.8 Å². The van der Waals surface area contributed by atoms with Gasteiger partial charge in [-0.2, -0.15) is 5.53 Å². The maximum absolute atomic E-state index is 15.2. The van der Waals surface area contributed by atoms with Gasteiger partial charge in [-0.05, 0) is 43.0 Å². The van der Waals surface area contributed by atoms with Crippen molar-refractivity contribution in [1.29, 1.82) is 10.9 Å². The molecule has 4 heterocycles. The number of carboxylic acid groups (broad SMARTS) is 1. The number of nitrogens with one attached hydrogen (secondary N) is 2. The van der Waals surface area contributed by atoms with Crippen LogP contribution in [-0.4, -0.2) is 62.6 Å². The quantitative estimate of drug-likeness (QED) is 0.177. The molecule has 0 saturated carbocycles. The van der Waals surface area contributed by atoms with Crippen LogP contribution in [-0.2, 0) is 9.59 Å². The van der Waals surface area contributed by atoms with Gasteiger partial charge in [0.15, 0.2) is 23.2 Å². The first-order valence-electron chi connectivity index (χ1n) is 11.5. The van der Waals surface area contributed by atoms with Gasteiger partial charge in [0, 0.05) is 29.5 Å². The van der Waals surface area contributed by atoms with E-state index in [0.717, 1.165) is 23.6 Å². The van der Waals surface area contributed by atoms with Crippen LogP contribution in [0.25, 0.3) is 5.57 Å². The third-order valence-electron chi connectivity index (χ3n) is 6.77. The first-order chi connectivity index (χ1) is 18.7. The lowest BCUT2D eigenvalue weighted by Gasteiger charge is -2.33. The van der Waals surface area contributed by atoms with E-state index >= 15 is 4.39 Å². The summed E-state index contributed by atoms with van der Waals surface area (Å²) in [6.07, 6.45) is 6.63. The normalized spacial score (nSPS) is 24.2. The number of amides is 1. The van der Waals surface area contributed by atoms with Crippen molar-refractivity contribution in [3.8, 4) is 0 Å². The number of allylic oxidation sites excluding steroid dienone is 4. The summed E-state index contributed by atoms with van der Waals surface area (Å²) in [4.78, 5) is 34.8. The van der Waals surface area contributed by atoms with Crippen molar-refractivity contribution in [1.82, 2.24) is 9.96 Å². The SMILES string of the molecule is N=CN(N=N)c1ccc(Cl)c(F)c1C1=CC(=O)N2[C@H](CC[C@H]2C2=N/C(=C3/C=CN(O)C(C(=O)O)=C3F)C=N2)C1. The zero-order valence-electron chi connectivity index (χ0n) is 19.8. The molecular weight excluding hydrogens is 538 g/mol. The molecule has 1 aromatic rings. The van der Waals surface area contributed by atoms with Crippen molar-refractivity contribution in [3.63, 3.8) is 0 Å². The molecule has 5 rings (SSSR count). The summed E-state index contributed by atoms with van der Waals surface area (Å²) in [5, 5.41) is 30.3. The molecule has 4 N–H and O–H groups in total. The van der Waals surface area contributed by atoms with Crippen LogP contribution in [0.4, 0.5) is 14.5 Å². The number of nitrogens with zero attached hydrogens (tertiary/aromatic N) is 6. The van der Waals surface area contributed by atoms with Crippen LogP contribution in [0.3, 0.4) is 0 Å². The Morgan fingerprint density at radius 2 is 2.08 bits per heavy atom. The van der Waals surface area contributed by atoms with E-state index in [1.165, 1.54) is 24.4 Å². The summed E-state index contributed by atoms with van der Waals surface area (Å²) in [6, 6.07) is 1.78. The largest absolute Gasteiger partial charge is 0.476 e. The van der Waals surface area contributed by atoms with Crippen molar-refractivity contribution in [2.45, 2.75) is 31.3 Å². The second kappa shape index (κ2) is 9.96. The molecule has 0 unspecified atom stereocenters. The molecule has 2 atom stereocenters. The number of carboxylic acids is 1. The van der Waals surface area contributed by atoms with Crippen LogP contribution in [0.2, 0.25) is 5.02 Å². The summed E-state index contributed by atoms with van der Waals surface area (Å²) in [5.74, 6) is -3.87. The van der Waals surface area contributed by atoms with Crippen LogP contribution >= 0.6 is 11.6 Å². The zero-order chi connectivity index (χ0) is 28.0. The van der Waals surface area contributed by atoms with E-state index in [4.69, 9.17) is 22.5 Å². The second-order valence-electron chi connectivity index (χ2n) is 8.85. The van der Waals surface area contributed by atoms with Crippen LogP contribution in [0.1, 0.15) is 24.8 Å². The highest BCUT2D eigenvalue weighted by Gasteiger charge is 2.43. The maximum Gasteiger partial charge on any atom is 0.358 e. The fraction of sp³-hybridized carbons (Fsp3) is 0.208. The molecule has 15 heteroatoms. The van der Waals surface area contributed by atoms with E-state index < -0.39 is 35.3 Å². The predicted molar refractivity (Wildman–Crippen MR) is 136 cm³/mol. The number of amidine groups is 1. The molecule has 0 radical (unpaired) electrons. The number of aliphatic imine (C=N–C) groups is 2. The molecular formula is C24H19ClF2N8O4. The summed E-state index contributed by atoms with van der Waals surface area (Å²) < 4.78 is 30.0. The second-order valence-corrected chi connectivity index (χ2v) is 9.26. The van der Waals surface area contributed by atoms with Crippen molar-refractivity contribution < 1.29 is 28.7 Å². The lowest BCUT2D eigenvalue weighted by atomic mass is 9.92. The fourth-order valence-electron chi connectivity index (χ4n) is 5.08. The molecule has 1 amide bonds. The summed E-state index contributed by atoms with van der Waals surface area (Å²) >= 11 is 6.01. The van der Waals surface area contributed by atoms with E-state index in [1.807, 2.05) is 0 Å². The third-order valence-corrected chi connectivity index (χ3v) is 7.06. The standard InChI is InChI=1S/C24H19ClF2N8O4/c25-14-2-4-16(33(10-28)32-29)19(21(14)27)11-7-12-1-3-17(35(12)18(36)8-11)23-30-9-15(31-23)13-5-6-34(39)22(20(13)26)24(37)38/h2,4-6,8-10,12,17,28-29,39H,1,3,7H2,(H,37,38)/b15-13-,28-10?,32-29?/t12-,17+/m1/s1. The van der Waals surface area contributed by atoms with E-state index in [0.29, 0.717) is 18.4 Å². The highest BCUT2D eigenvalue weighted by molar-refractivity contribution is 6.31. The van der Waals surface area contributed by atoms with Gasteiger partial charge in [0.1, 0.15) is 6.34 Å². The Labute approximate surface area is 224 Å². The molecule has 0 spiro atoms. The number of carbonyl (C=O) groups is 2. The molecule has 4 aliphatic rings. The molecule has 0 aromatic heterocycles. The van der Waals surface area contributed by atoms with Gasteiger partial charge in [0.25, 0.3) is 0 Å². The summed E-state index contributed by atoms with van der Waals surface area (Å²) in [5.41, 5.74) is 6.58. The number of halogens is 3. The Morgan fingerprint density at radius 1 is 1.31 bits per heavy atom. The van der Waals surface area contributed by atoms with Crippen molar-refractivity contribution in [2.24, 2.45) is 15.2 Å². The minimum absolute atomic E-state index is 0.0276. The lowest BCUT2D eigenvalue weighted by molar-refractivity contribution is -0.139. The number of carbonyl (C=O) groups excluding carboxylic acids is 1. The third kappa shape index (κ3) is 4.32. The average Bonchev–Trinajstić information content (AvgIpc) is 3.54. The minimum Gasteiger partial charge on any atom is -0.476 e. The molecule has 0 aliphatic carbocycles. The number of benzene rings is 1. The van der Waals surface area contributed by atoms with E-state index in [2.05, 4.69) is 15.2 Å². The number of fused-ring (bicyclic) bond motifs is 1. The monoisotopic (exact) mass is 556 g/mol. The molecule has 4 aliphatic heterocycles. The van der Waals surface area contributed by atoms with Crippen LogP contribution in [0.15, 0.2) is 68.5 Å². The van der Waals surface area contributed by atoms with Gasteiger partial charge >= 0.3 is 5.97 Å². The first-order valence-corrected chi connectivity index (χ1v) is 11.9. The molecule has 39 heavy (non-hydrogen) atoms. The Morgan fingerprint density at radius 3 is 2.77 bits per heavy atom. The topological polar surface area (TPSA) is 169 Å². The first kappa shape index (κ1) is 26.1. The van der Waals surface area contributed by atoms with Crippen LogP contribution in [0, 0.1) is 16.8 Å². The van der Waals surface area contributed by atoms with Gasteiger partial charge in [0.05, 0.1) is 28.7 Å². The number of anilines is 1. The fourth-order valence-corrected chi connectivity index (χ4v) is 5.24. The van der Waals surface area contributed by atoms with E-state index in [9.17, 15) is 24.3 Å². The number of rotatable bonds is 6. The van der Waals surface area contributed by atoms with E-state index in [1.54, 1.807) is 4.90 Å². The van der Waals surface area contributed by atoms with Crippen LogP contribution < -0.4 is 5.01 Å². The van der Waals surface area contributed by atoms with Gasteiger partial charge in [-0.3, -0.25) is 15.4 Å².